The van der Waals surface area contributed by atoms with E-state index < -0.39 is 0 Å². The largest absolute Gasteiger partial charge is 0.487 e. The van der Waals surface area contributed by atoms with Gasteiger partial charge in [-0.1, -0.05) is 30.3 Å². The number of fused-ring (bicyclic) bond motifs is 1. The van der Waals surface area contributed by atoms with E-state index in [0.717, 1.165) is 35.7 Å². The topological polar surface area (TPSA) is 53.1 Å². The molecular weight excluding hydrogens is 394 g/mol. The highest BCUT2D eigenvalue weighted by molar-refractivity contribution is 7.22. The van der Waals surface area contributed by atoms with Gasteiger partial charge in [-0.2, -0.15) is 0 Å². The molecule has 0 spiro atoms. The van der Waals surface area contributed by atoms with Gasteiger partial charge in [-0.05, 0) is 48.1 Å². The van der Waals surface area contributed by atoms with Gasteiger partial charge in [0.1, 0.15) is 24.3 Å². The average Bonchev–Trinajstić information content (AvgIpc) is 3.53. The van der Waals surface area contributed by atoms with Crippen molar-refractivity contribution in [1.29, 1.82) is 0 Å². The molecule has 0 saturated heterocycles. The number of aromatic nitrogens is 3. The van der Waals surface area contributed by atoms with Gasteiger partial charge in [-0.25, -0.2) is 9.97 Å². The standard InChI is InChI=1S/C24H21N3O2S/c1-2-6-22-19(5-1)14-23(30-22)24-26-20(16-29-24)15-28-21-9-7-18(8-10-21)4-3-12-27-13-11-25-17-27/h1-2,5-11,13-14,16-17H,3-4,12,15H2. The summed E-state index contributed by atoms with van der Waals surface area (Å²) in [6, 6.07) is 18.7. The maximum absolute atomic E-state index is 5.89. The Hall–Kier alpha value is -3.38. The van der Waals surface area contributed by atoms with E-state index in [1.54, 1.807) is 17.6 Å². The molecule has 5 rings (SSSR count). The minimum Gasteiger partial charge on any atom is -0.487 e. The van der Waals surface area contributed by atoms with Crippen LogP contribution in [0.15, 0.2) is 84.0 Å². The van der Waals surface area contributed by atoms with E-state index in [1.165, 1.54) is 15.6 Å². The Bertz CT molecular complexity index is 1190. The fraction of sp³-hybridized carbons (Fsp3) is 0.167. The number of hydrogen-bond donors (Lipinski definition) is 0. The number of rotatable bonds is 8. The van der Waals surface area contributed by atoms with Gasteiger partial charge in [0.15, 0.2) is 0 Å². The molecule has 3 aromatic heterocycles. The summed E-state index contributed by atoms with van der Waals surface area (Å²) in [5.41, 5.74) is 2.09. The molecule has 0 aliphatic rings. The number of ether oxygens (including phenoxy) is 1. The van der Waals surface area contributed by atoms with Gasteiger partial charge in [-0.15, -0.1) is 11.3 Å². The van der Waals surface area contributed by atoms with E-state index >= 15 is 0 Å². The van der Waals surface area contributed by atoms with Crippen LogP contribution >= 0.6 is 11.3 Å². The van der Waals surface area contributed by atoms with Crippen molar-refractivity contribution in [2.75, 3.05) is 0 Å². The second-order valence-electron chi connectivity index (χ2n) is 7.13. The summed E-state index contributed by atoms with van der Waals surface area (Å²) in [6.07, 6.45) is 9.44. The summed E-state index contributed by atoms with van der Waals surface area (Å²) in [5, 5.41) is 1.21. The van der Waals surface area contributed by atoms with E-state index in [2.05, 4.69) is 44.9 Å². The smallest absolute Gasteiger partial charge is 0.236 e. The zero-order chi connectivity index (χ0) is 20.2. The molecule has 0 amide bonds. The normalized spacial score (nSPS) is 11.2. The summed E-state index contributed by atoms with van der Waals surface area (Å²) < 4.78 is 14.9. The molecule has 6 heteroatoms. The molecular formula is C24H21N3O2S. The SMILES string of the molecule is c1ccc2sc(-c3nc(COc4ccc(CCCn5ccnc5)cc4)co3)cc2c1. The lowest BCUT2D eigenvalue weighted by Crippen LogP contribution is -1.98. The Morgan fingerprint density at radius 1 is 1.07 bits per heavy atom. The quantitative estimate of drug-likeness (QED) is 0.314. The van der Waals surface area contributed by atoms with Crippen molar-refractivity contribution in [3.63, 3.8) is 0 Å². The molecule has 0 unspecified atom stereocenters. The molecule has 3 heterocycles. The van der Waals surface area contributed by atoms with Crippen LogP contribution in [0.4, 0.5) is 0 Å². The first-order chi connectivity index (χ1) is 14.8. The first kappa shape index (κ1) is 18.6. The second kappa shape index (κ2) is 8.55. The molecule has 0 aliphatic carbocycles. The highest BCUT2D eigenvalue weighted by Crippen LogP contribution is 2.32. The van der Waals surface area contributed by atoms with Crippen molar-refractivity contribution >= 4 is 21.4 Å². The minimum absolute atomic E-state index is 0.383. The summed E-state index contributed by atoms with van der Waals surface area (Å²) in [5.74, 6) is 1.47. The Morgan fingerprint density at radius 2 is 1.97 bits per heavy atom. The summed E-state index contributed by atoms with van der Waals surface area (Å²) in [4.78, 5) is 9.68. The van der Waals surface area contributed by atoms with Crippen LogP contribution in [-0.4, -0.2) is 14.5 Å². The van der Waals surface area contributed by atoms with Crippen molar-refractivity contribution in [2.24, 2.45) is 0 Å². The van der Waals surface area contributed by atoms with Crippen molar-refractivity contribution in [3.8, 4) is 16.5 Å². The lowest BCUT2D eigenvalue weighted by molar-refractivity contribution is 0.301. The van der Waals surface area contributed by atoms with Crippen molar-refractivity contribution in [3.05, 3.63) is 90.8 Å². The van der Waals surface area contributed by atoms with E-state index in [1.807, 2.05) is 43.0 Å². The maximum atomic E-state index is 5.89. The number of hydrogen-bond acceptors (Lipinski definition) is 5. The number of nitrogens with zero attached hydrogens (tertiary/aromatic N) is 3. The van der Waals surface area contributed by atoms with Gasteiger partial charge in [0.05, 0.1) is 11.2 Å². The van der Waals surface area contributed by atoms with Gasteiger partial charge < -0.3 is 13.7 Å². The molecule has 0 N–H and O–H groups in total. The summed E-state index contributed by atoms with van der Waals surface area (Å²) in [7, 11) is 0. The number of oxazole rings is 1. The lowest BCUT2D eigenvalue weighted by atomic mass is 10.1. The number of imidazole rings is 1. The molecule has 30 heavy (non-hydrogen) atoms. The van der Waals surface area contributed by atoms with Gasteiger partial charge in [0, 0.05) is 23.6 Å². The van der Waals surface area contributed by atoms with Gasteiger partial charge in [0.2, 0.25) is 5.89 Å². The monoisotopic (exact) mass is 415 g/mol. The average molecular weight is 416 g/mol. The number of benzene rings is 2. The summed E-state index contributed by atoms with van der Waals surface area (Å²) >= 11 is 1.68. The van der Waals surface area contributed by atoms with Crippen molar-refractivity contribution in [1.82, 2.24) is 14.5 Å². The van der Waals surface area contributed by atoms with Crippen LogP contribution in [0, 0.1) is 0 Å². The van der Waals surface area contributed by atoms with E-state index in [9.17, 15) is 0 Å². The maximum Gasteiger partial charge on any atom is 0.236 e. The Labute approximate surface area is 178 Å². The Kier molecular flexibility index (Phi) is 5.31. The minimum atomic E-state index is 0.383. The molecule has 2 aromatic carbocycles. The molecule has 5 nitrogen and oxygen atoms in total. The highest BCUT2D eigenvalue weighted by Gasteiger charge is 2.11. The molecule has 0 bridgehead atoms. The molecule has 0 aliphatic heterocycles. The molecule has 5 aromatic rings. The Balaban J connectivity index is 1.15. The predicted molar refractivity (Wildman–Crippen MR) is 119 cm³/mol. The van der Waals surface area contributed by atoms with E-state index in [4.69, 9.17) is 9.15 Å². The molecule has 0 radical (unpaired) electrons. The summed E-state index contributed by atoms with van der Waals surface area (Å²) in [6.45, 7) is 1.36. The number of aryl methyl sites for hydroxylation is 2. The zero-order valence-electron chi connectivity index (χ0n) is 16.4. The first-order valence-electron chi connectivity index (χ1n) is 9.94. The van der Waals surface area contributed by atoms with Gasteiger partial charge in [0.25, 0.3) is 0 Å². The van der Waals surface area contributed by atoms with E-state index in [-0.39, 0.29) is 0 Å². The fourth-order valence-corrected chi connectivity index (χ4v) is 4.36. The third kappa shape index (κ3) is 4.28. The van der Waals surface area contributed by atoms with Crippen LogP contribution in [0.3, 0.4) is 0 Å². The number of thiophene rings is 1. The first-order valence-corrected chi connectivity index (χ1v) is 10.8. The van der Waals surface area contributed by atoms with Crippen LogP contribution in [-0.2, 0) is 19.6 Å². The predicted octanol–water partition coefficient (Wildman–Crippen LogP) is 5.96. The lowest BCUT2D eigenvalue weighted by Gasteiger charge is -2.06. The van der Waals surface area contributed by atoms with Crippen LogP contribution in [0.1, 0.15) is 17.7 Å². The van der Waals surface area contributed by atoms with Crippen LogP contribution in [0.25, 0.3) is 20.9 Å². The van der Waals surface area contributed by atoms with Gasteiger partial charge in [-0.3, -0.25) is 0 Å². The van der Waals surface area contributed by atoms with Gasteiger partial charge >= 0.3 is 0 Å². The third-order valence-electron chi connectivity index (χ3n) is 4.94. The van der Waals surface area contributed by atoms with Crippen molar-refractivity contribution < 1.29 is 9.15 Å². The van der Waals surface area contributed by atoms with Crippen LogP contribution in [0.2, 0.25) is 0 Å². The third-order valence-corrected chi connectivity index (χ3v) is 6.04. The molecule has 150 valence electrons. The second-order valence-corrected chi connectivity index (χ2v) is 8.21. The molecule has 0 saturated carbocycles. The highest BCUT2D eigenvalue weighted by atomic mass is 32.1. The molecule has 0 fully saturated rings. The van der Waals surface area contributed by atoms with Crippen LogP contribution in [0.5, 0.6) is 5.75 Å². The molecule has 0 atom stereocenters. The fourth-order valence-electron chi connectivity index (χ4n) is 3.37. The Morgan fingerprint density at radius 3 is 2.80 bits per heavy atom. The van der Waals surface area contributed by atoms with Crippen molar-refractivity contribution in [2.45, 2.75) is 26.0 Å². The zero-order valence-corrected chi connectivity index (χ0v) is 17.2. The van der Waals surface area contributed by atoms with Crippen LogP contribution < -0.4 is 4.74 Å². The van der Waals surface area contributed by atoms with E-state index in [0.29, 0.717) is 12.5 Å².